The number of fused-ring (bicyclic) bond motifs is 2. The third-order valence-corrected chi connectivity index (χ3v) is 6.48. The second-order valence-corrected chi connectivity index (χ2v) is 8.34. The number of nitro groups is 1. The lowest BCUT2D eigenvalue weighted by Gasteiger charge is -2.25. The van der Waals surface area contributed by atoms with Gasteiger partial charge in [0.05, 0.1) is 5.92 Å². The zero-order valence-corrected chi connectivity index (χ0v) is 17.5. The summed E-state index contributed by atoms with van der Waals surface area (Å²) in [6.45, 7) is 2.34. The zero-order chi connectivity index (χ0) is 22.3. The molecule has 2 aliphatic rings. The molecule has 2 N–H and O–H groups in total. The molecule has 0 saturated carbocycles. The number of para-hydroxylation sites is 1. The van der Waals surface area contributed by atoms with Crippen molar-refractivity contribution in [1.29, 1.82) is 0 Å². The number of hydrogen-bond acceptors (Lipinski definition) is 5. The van der Waals surface area contributed by atoms with Crippen molar-refractivity contribution >= 4 is 11.6 Å². The molecule has 1 fully saturated rings. The highest BCUT2D eigenvalue weighted by atomic mass is 16.6. The van der Waals surface area contributed by atoms with Gasteiger partial charge in [-0.3, -0.25) is 20.2 Å². The Morgan fingerprint density at radius 1 is 1.00 bits per heavy atom. The molecule has 0 radical (unpaired) electrons. The molecule has 4 atom stereocenters. The highest BCUT2D eigenvalue weighted by Gasteiger charge is 2.67. The lowest BCUT2D eigenvalue weighted by molar-refractivity contribution is -0.532. The molecule has 0 aromatic heterocycles. The second-order valence-electron chi connectivity index (χ2n) is 8.34. The number of nitrogens with one attached hydrogen (secondary N) is 2. The highest BCUT2D eigenvalue weighted by molar-refractivity contribution is 6.07. The van der Waals surface area contributed by atoms with Crippen molar-refractivity contribution in [2.24, 2.45) is 0 Å². The van der Waals surface area contributed by atoms with Gasteiger partial charge in [-0.1, -0.05) is 60.7 Å². The third kappa shape index (κ3) is 3.13. The SMILES string of the molecule is C[C@@H]1N[C@]2(C(=O)Nc3ccccc32)[C@@H]([N+](=O)[O-])[C@H]1c1ccc(OCc2ccccc2)cc1. The number of benzene rings is 3. The van der Waals surface area contributed by atoms with Crippen molar-refractivity contribution in [2.45, 2.75) is 37.1 Å². The first-order valence-corrected chi connectivity index (χ1v) is 10.6. The number of hydrogen-bond donors (Lipinski definition) is 2. The van der Waals surface area contributed by atoms with Crippen LogP contribution in [0.15, 0.2) is 78.9 Å². The highest BCUT2D eigenvalue weighted by Crippen LogP contribution is 2.49. The largest absolute Gasteiger partial charge is 0.489 e. The average molecular weight is 429 g/mol. The second kappa shape index (κ2) is 7.76. The summed E-state index contributed by atoms with van der Waals surface area (Å²) in [6, 6.07) is 23.0. The van der Waals surface area contributed by atoms with E-state index in [4.69, 9.17) is 4.74 Å². The molecule has 0 unspecified atom stereocenters. The van der Waals surface area contributed by atoms with E-state index in [2.05, 4.69) is 10.6 Å². The minimum atomic E-state index is -1.40. The Morgan fingerprint density at radius 2 is 1.69 bits per heavy atom. The number of amides is 1. The Kier molecular flexibility index (Phi) is 4.90. The van der Waals surface area contributed by atoms with Crippen LogP contribution in [0.5, 0.6) is 5.75 Å². The van der Waals surface area contributed by atoms with Crippen LogP contribution in [0, 0.1) is 10.1 Å². The van der Waals surface area contributed by atoms with Gasteiger partial charge in [-0.2, -0.15) is 0 Å². The Morgan fingerprint density at radius 3 is 2.41 bits per heavy atom. The van der Waals surface area contributed by atoms with Gasteiger partial charge in [0, 0.05) is 22.2 Å². The van der Waals surface area contributed by atoms with Gasteiger partial charge in [0.2, 0.25) is 0 Å². The fourth-order valence-corrected chi connectivity index (χ4v) is 5.08. The predicted octanol–water partition coefficient (Wildman–Crippen LogP) is 3.83. The molecule has 1 amide bonds. The number of carbonyl (C=O) groups is 1. The topological polar surface area (TPSA) is 93.5 Å². The van der Waals surface area contributed by atoms with Gasteiger partial charge in [-0.25, -0.2) is 0 Å². The summed E-state index contributed by atoms with van der Waals surface area (Å²) in [6.07, 6.45) is 0. The minimum Gasteiger partial charge on any atom is -0.489 e. The average Bonchev–Trinajstić information content (AvgIpc) is 3.27. The van der Waals surface area contributed by atoms with Crippen molar-refractivity contribution in [2.75, 3.05) is 5.32 Å². The van der Waals surface area contributed by atoms with Crippen molar-refractivity contribution in [3.63, 3.8) is 0 Å². The molecule has 162 valence electrons. The number of nitrogens with zero attached hydrogens (tertiary/aromatic N) is 1. The van der Waals surface area contributed by atoms with Crippen LogP contribution in [0.4, 0.5) is 5.69 Å². The van der Waals surface area contributed by atoms with Crippen molar-refractivity contribution < 1.29 is 14.5 Å². The number of rotatable bonds is 5. The van der Waals surface area contributed by atoms with Crippen LogP contribution in [0.3, 0.4) is 0 Å². The van der Waals surface area contributed by atoms with Crippen LogP contribution in [-0.2, 0) is 16.9 Å². The van der Waals surface area contributed by atoms with Crippen molar-refractivity contribution in [1.82, 2.24) is 5.32 Å². The van der Waals surface area contributed by atoms with Gasteiger partial charge in [0.1, 0.15) is 12.4 Å². The molecular formula is C25H23N3O4. The van der Waals surface area contributed by atoms with Crippen LogP contribution >= 0.6 is 0 Å². The molecule has 0 aliphatic carbocycles. The monoisotopic (exact) mass is 429 g/mol. The predicted molar refractivity (Wildman–Crippen MR) is 120 cm³/mol. The van der Waals surface area contributed by atoms with Crippen LogP contribution in [0.25, 0.3) is 0 Å². The molecule has 1 spiro atoms. The van der Waals surface area contributed by atoms with E-state index in [0.717, 1.165) is 11.1 Å². The molecule has 2 aliphatic heterocycles. The standard InChI is InChI=1S/C25H23N3O4/c1-16-22(18-11-13-19(14-12-18)32-15-17-7-3-2-4-8-17)23(28(30)31)25(27-16)20-9-5-6-10-21(20)26-24(25)29/h2-14,16,22-23,27H,15H2,1H3,(H,26,29)/t16-,22+,23-,25-/m0/s1. The third-order valence-electron chi connectivity index (χ3n) is 6.48. The maximum atomic E-state index is 13.1. The van der Waals surface area contributed by atoms with E-state index in [1.54, 1.807) is 18.2 Å². The molecule has 1 saturated heterocycles. The van der Waals surface area contributed by atoms with E-state index in [1.165, 1.54) is 0 Å². The summed E-state index contributed by atoms with van der Waals surface area (Å²) in [5.74, 6) is -0.171. The zero-order valence-electron chi connectivity index (χ0n) is 17.5. The smallest absolute Gasteiger partial charge is 0.256 e. The Hall–Kier alpha value is -3.71. The Labute approximate surface area is 185 Å². The first-order chi connectivity index (χ1) is 15.5. The van der Waals surface area contributed by atoms with Crippen LogP contribution in [0.2, 0.25) is 0 Å². The molecular weight excluding hydrogens is 406 g/mol. The molecule has 32 heavy (non-hydrogen) atoms. The quantitative estimate of drug-likeness (QED) is 0.475. The summed E-state index contributed by atoms with van der Waals surface area (Å²) >= 11 is 0. The van der Waals surface area contributed by atoms with E-state index in [1.807, 2.05) is 67.6 Å². The fourth-order valence-electron chi connectivity index (χ4n) is 5.08. The lowest BCUT2D eigenvalue weighted by Crippen LogP contribution is -2.54. The minimum absolute atomic E-state index is 0.279. The molecule has 3 aromatic rings. The number of ether oxygens (including phenoxy) is 1. The van der Waals surface area contributed by atoms with Gasteiger partial charge in [0.25, 0.3) is 11.9 Å². The van der Waals surface area contributed by atoms with Gasteiger partial charge in [-0.15, -0.1) is 0 Å². The summed E-state index contributed by atoms with van der Waals surface area (Å²) in [7, 11) is 0. The molecule has 0 bridgehead atoms. The number of carbonyl (C=O) groups excluding carboxylic acids is 1. The molecule has 5 rings (SSSR count). The van der Waals surface area contributed by atoms with Gasteiger partial charge < -0.3 is 10.1 Å². The van der Waals surface area contributed by atoms with Gasteiger partial charge in [-0.05, 0) is 36.2 Å². The summed E-state index contributed by atoms with van der Waals surface area (Å²) in [5.41, 5.74) is 1.71. The van der Waals surface area contributed by atoms with Crippen LogP contribution in [0.1, 0.15) is 29.5 Å². The fraction of sp³-hybridized carbons (Fsp3) is 0.240. The van der Waals surface area contributed by atoms with E-state index in [9.17, 15) is 14.9 Å². The maximum Gasteiger partial charge on any atom is 0.256 e. The Bertz CT molecular complexity index is 1170. The van der Waals surface area contributed by atoms with E-state index < -0.39 is 17.5 Å². The maximum absolute atomic E-state index is 13.1. The summed E-state index contributed by atoms with van der Waals surface area (Å²) in [5, 5.41) is 18.4. The summed E-state index contributed by atoms with van der Waals surface area (Å²) in [4.78, 5) is 25.1. The van der Waals surface area contributed by atoms with E-state index in [0.29, 0.717) is 23.6 Å². The molecule has 3 aromatic carbocycles. The molecule has 2 heterocycles. The number of anilines is 1. The van der Waals surface area contributed by atoms with Crippen LogP contribution in [-0.4, -0.2) is 22.9 Å². The van der Waals surface area contributed by atoms with E-state index >= 15 is 0 Å². The molecule has 7 heteroatoms. The molecule has 7 nitrogen and oxygen atoms in total. The first kappa shape index (κ1) is 20.2. The Balaban J connectivity index is 1.45. The van der Waals surface area contributed by atoms with Gasteiger partial charge in [0.15, 0.2) is 5.54 Å². The van der Waals surface area contributed by atoms with Crippen molar-refractivity contribution in [3.05, 3.63) is 106 Å². The van der Waals surface area contributed by atoms with Gasteiger partial charge >= 0.3 is 0 Å². The normalized spacial score (nSPS) is 26.0. The first-order valence-electron chi connectivity index (χ1n) is 10.6. The van der Waals surface area contributed by atoms with Crippen LogP contribution < -0.4 is 15.4 Å². The van der Waals surface area contributed by atoms with Crippen molar-refractivity contribution in [3.8, 4) is 5.75 Å². The van der Waals surface area contributed by atoms with E-state index in [-0.39, 0.29) is 16.9 Å². The summed E-state index contributed by atoms with van der Waals surface area (Å²) < 4.78 is 5.85. The lowest BCUT2D eigenvalue weighted by atomic mass is 9.78.